The van der Waals surface area contributed by atoms with E-state index in [0.29, 0.717) is 0 Å². The number of nitrogens with one attached hydrogen (secondary N) is 1. The zero-order valence-corrected chi connectivity index (χ0v) is 70.3. The lowest BCUT2D eigenvalue weighted by Crippen LogP contribution is -1.97. The van der Waals surface area contributed by atoms with Crippen LogP contribution in [0.15, 0.2) is 162 Å². The number of aromatic amines is 1. The molecule has 0 aliphatic rings. The smallest absolute Gasteiger partial charge is 0.104 e. The van der Waals surface area contributed by atoms with Crippen molar-refractivity contribution in [2.45, 2.75) is 286 Å². The van der Waals surface area contributed by atoms with E-state index in [1.807, 2.05) is 13.8 Å². The molecule has 0 unspecified atom stereocenters. The molecule has 0 radical (unpaired) electrons. The van der Waals surface area contributed by atoms with Gasteiger partial charge in [0.25, 0.3) is 0 Å². The van der Waals surface area contributed by atoms with Gasteiger partial charge in [-0.15, -0.1) is 0 Å². The third kappa shape index (κ3) is 27.6. The molecule has 13 rings (SSSR count). The lowest BCUT2D eigenvalue weighted by molar-refractivity contribution is 0.501. The highest BCUT2D eigenvalue weighted by molar-refractivity contribution is 5.94. The molecule has 0 spiro atoms. The van der Waals surface area contributed by atoms with Gasteiger partial charge in [-0.2, -0.15) is 0 Å². The summed E-state index contributed by atoms with van der Waals surface area (Å²) in [7, 11) is 0. The van der Waals surface area contributed by atoms with Gasteiger partial charge < -0.3 is 9.40 Å². The van der Waals surface area contributed by atoms with Gasteiger partial charge in [-0.1, -0.05) is 210 Å². The molecule has 2 heterocycles. The van der Waals surface area contributed by atoms with Crippen LogP contribution in [0.3, 0.4) is 0 Å². The molecule has 0 saturated heterocycles. The maximum Gasteiger partial charge on any atom is 0.104 e. The highest BCUT2D eigenvalue weighted by Crippen LogP contribution is 2.30. The van der Waals surface area contributed by atoms with Crippen LogP contribution in [0.25, 0.3) is 32.3 Å². The number of furan rings is 1. The van der Waals surface area contributed by atoms with Gasteiger partial charge in [0.15, 0.2) is 0 Å². The summed E-state index contributed by atoms with van der Waals surface area (Å²) in [5.41, 5.74) is 46.9. The SMILES string of the molecule is C.C.C.C.C.C.C.Cc1[nH]c(C)c(C)c1C.Cc1cc(C)c(C)cc1C.Cc1cc2cc(C)c(C)cc2cc1C.Cc1ccc(C)c2c(C)ccc(C)c12.Cc1ccc(Cc2ccc(C)c(C)c2)cc1C.Cc1ccc2c(C)c(C)ccc2c1C.Cc1cccc(Cc2cccc(C)c2C)c1C.Cc1oc(C)c(C)c1C. The maximum absolute atomic E-state index is 5.34. The predicted octanol–water partition coefficient (Wildman–Crippen LogP) is 33.4. The Hall–Kier alpha value is -9.24. The van der Waals surface area contributed by atoms with Gasteiger partial charge in [0.05, 0.1) is 0 Å². The van der Waals surface area contributed by atoms with Crippen LogP contribution in [0.5, 0.6) is 0 Å². The zero-order chi connectivity index (χ0) is 77.5. The van der Waals surface area contributed by atoms with E-state index < -0.39 is 0 Å². The van der Waals surface area contributed by atoms with E-state index in [2.05, 4.69) is 370 Å². The Bertz CT molecular complexity index is 4670. The first-order valence-corrected chi connectivity index (χ1v) is 37.6. The summed E-state index contributed by atoms with van der Waals surface area (Å²) >= 11 is 0. The summed E-state index contributed by atoms with van der Waals surface area (Å²) in [5, 5.41) is 8.38. The second-order valence-corrected chi connectivity index (χ2v) is 30.5. The number of H-pyrrole nitrogens is 1. The summed E-state index contributed by atoms with van der Waals surface area (Å²) in [4.78, 5) is 3.28. The van der Waals surface area contributed by atoms with Gasteiger partial charge in [-0.05, 0) is 445 Å². The third-order valence-electron chi connectivity index (χ3n) is 22.8. The minimum absolute atomic E-state index is 0. The highest BCUT2D eigenvalue weighted by Gasteiger charge is 2.11. The van der Waals surface area contributed by atoms with E-state index in [4.69, 9.17) is 4.42 Å². The van der Waals surface area contributed by atoms with Crippen molar-refractivity contribution in [2.75, 3.05) is 0 Å². The average molecular weight is 1500 g/mol. The summed E-state index contributed by atoms with van der Waals surface area (Å²) < 4.78 is 5.34. The fraction of sp³-hybridized carbons (Fsp3) is 0.376. The molecule has 11 aromatic carbocycles. The Kier molecular flexibility index (Phi) is 43.5. The van der Waals surface area contributed by atoms with Crippen molar-refractivity contribution in [1.82, 2.24) is 4.98 Å². The van der Waals surface area contributed by atoms with Crippen molar-refractivity contribution in [2.24, 2.45) is 0 Å². The number of aromatic nitrogens is 1. The van der Waals surface area contributed by atoms with Crippen LogP contribution in [0.1, 0.15) is 253 Å². The molecular formula is C109H155NO. The summed E-state index contributed by atoms with van der Waals surface area (Å²) in [6, 6.07) is 58.0. The second-order valence-electron chi connectivity index (χ2n) is 30.5. The van der Waals surface area contributed by atoms with Gasteiger partial charge in [0.2, 0.25) is 0 Å². The molecule has 0 aliphatic carbocycles. The van der Waals surface area contributed by atoms with Crippen molar-refractivity contribution in [3.63, 3.8) is 0 Å². The van der Waals surface area contributed by atoms with Crippen molar-refractivity contribution >= 4 is 32.3 Å². The molecule has 0 bridgehead atoms. The van der Waals surface area contributed by atoms with Crippen molar-refractivity contribution in [1.29, 1.82) is 0 Å². The predicted molar refractivity (Wildman–Crippen MR) is 508 cm³/mol. The van der Waals surface area contributed by atoms with Crippen LogP contribution < -0.4 is 0 Å². The summed E-state index contributed by atoms with van der Waals surface area (Å²) in [5.74, 6) is 2.09. The first-order valence-electron chi connectivity index (χ1n) is 37.6. The van der Waals surface area contributed by atoms with Crippen LogP contribution in [0, 0.1) is 222 Å². The molecule has 1 N–H and O–H groups in total. The molecule has 2 nitrogen and oxygen atoms in total. The van der Waals surface area contributed by atoms with E-state index in [-0.39, 0.29) is 52.0 Å². The fourth-order valence-corrected chi connectivity index (χ4v) is 13.3. The number of hydrogen-bond donors (Lipinski definition) is 1. The van der Waals surface area contributed by atoms with Crippen LogP contribution in [0.2, 0.25) is 0 Å². The van der Waals surface area contributed by atoms with Gasteiger partial charge in [0, 0.05) is 11.4 Å². The quantitative estimate of drug-likeness (QED) is 0.187. The lowest BCUT2D eigenvalue weighted by atomic mass is 9.93. The molecule has 2 heteroatoms. The number of aryl methyl sites for hydroxylation is 26. The molecule has 0 atom stereocenters. The molecule has 602 valence electrons. The van der Waals surface area contributed by atoms with E-state index >= 15 is 0 Å². The molecule has 0 aliphatic heterocycles. The first kappa shape index (κ1) is 104. The number of benzene rings is 11. The zero-order valence-electron chi connectivity index (χ0n) is 70.3. The molecular weight excluding hydrogens is 1340 g/mol. The first-order chi connectivity index (χ1) is 48.8. The highest BCUT2D eigenvalue weighted by atomic mass is 16.3. The summed E-state index contributed by atoms with van der Waals surface area (Å²) in [6.45, 7) is 68.9. The minimum atomic E-state index is 0. The Balaban J connectivity index is 0. The summed E-state index contributed by atoms with van der Waals surface area (Å²) in [6.07, 6.45) is 2.07. The number of fused-ring (bicyclic) bond motifs is 3. The van der Waals surface area contributed by atoms with Crippen LogP contribution in [-0.4, -0.2) is 4.98 Å². The monoisotopic (exact) mass is 1490 g/mol. The van der Waals surface area contributed by atoms with Crippen molar-refractivity contribution < 1.29 is 4.42 Å². The standard InChI is InChI=1S/2C17H20.3C14H16.C10H14.C8H13N.C8H12O.7CH4/c1-12-5-7-16(9-14(12)3)11-17-8-6-13(2)15(4)10-17;1-12-7-5-9-16(14(12)3)11-17-10-6-8-13(2)15(17)4;1-9-5-13-7-11(3)12(4)8-14(13)6-10(9)2;1-9-5-7-14-12(4)10(2)6-8-13(14)11(9)3;1-9-5-6-11(3)14-12(4)8-7-10(2)13(9)14;1-7-5-9(3)10(4)6-8(7)2;2*1-5-6(2)8(4)9-7(5)3;;;;;;;/h2*5-10H,11H2,1-4H3;3*5-8H,1-4H3;5-6H,1-4H3;9H,1-4H3;1-4H3;7*1H4. The Morgan fingerprint density at radius 3 is 0.712 bits per heavy atom. The maximum atomic E-state index is 5.34. The topological polar surface area (TPSA) is 28.9 Å². The lowest BCUT2D eigenvalue weighted by Gasteiger charge is -2.12. The molecule has 0 amide bonds. The van der Waals surface area contributed by atoms with Gasteiger partial charge >= 0.3 is 0 Å². The Morgan fingerprint density at radius 1 is 0.207 bits per heavy atom. The second kappa shape index (κ2) is 46.6. The van der Waals surface area contributed by atoms with E-state index in [1.165, 1.54) is 222 Å². The number of rotatable bonds is 4. The van der Waals surface area contributed by atoms with Gasteiger partial charge in [0.1, 0.15) is 11.5 Å². The van der Waals surface area contributed by atoms with Crippen LogP contribution >= 0.6 is 0 Å². The van der Waals surface area contributed by atoms with Crippen LogP contribution in [0.4, 0.5) is 0 Å². The van der Waals surface area contributed by atoms with E-state index in [9.17, 15) is 0 Å². The minimum Gasteiger partial charge on any atom is -0.466 e. The van der Waals surface area contributed by atoms with Gasteiger partial charge in [-0.3, -0.25) is 0 Å². The van der Waals surface area contributed by atoms with Gasteiger partial charge in [-0.25, -0.2) is 0 Å². The fourth-order valence-electron chi connectivity index (χ4n) is 13.3. The third-order valence-corrected chi connectivity index (χ3v) is 22.8. The van der Waals surface area contributed by atoms with E-state index in [0.717, 1.165) is 24.4 Å². The van der Waals surface area contributed by atoms with Crippen LogP contribution in [-0.2, 0) is 12.8 Å². The molecule has 111 heavy (non-hydrogen) atoms. The molecule has 0 fully saturated rings. The largest absolute Gasteiger partial charge is 0.466 e. The van der Waals surface area contributed by atoms with Crippen molar-refractivity contribution in [3.8, 4) is 0 Å². The average Bonchev–Trinajstić information content (AvgIpc) is 1.60. The normalized spacial score (nSPS) is 9.91. The van der Waals surface area contributed by atoms with E-state index in [1.54, 1.807) is 0 Å². The Labute approximate surface area is 682 Å². The molecule has 2 aromatic heterocycles. The number of hydrogen-bond acceptors (Lipinski definition) is 1. The Morgan fingerprint density at radius 2 is 0.459 bits per heavy atom. The van der Waals surface area contributed by atoms with Crippen molar-refractivity contribution in [3.05, 3.63) is 359 Å². The molecule has 0 saturated carbocycles. The molecule has 13 aromatic rings.